The van der Waals surface area contributed by atoms with Gasteiger partial charge in [0.2, 0.25) is 0 Å². The number of para-hydroxylation sites is 3. The van der Waals surface area contributed by atoms with Crippen LogP contribution < -0.4 is 0 Å². The van der Waals surface area contributed by atoms with Crippen LogP contribution in [0.5, 0.6) is 0 Å². The lowest BCUT2D eigenvalue weighted by atomic mass is 9.97. The minimum atomic E-state index is 0.887. The molecule has 0 aliphatic rings. The molecule has 51 heavy (non-hydrogen) atoms. The second-order valence-electron chi connectivity index (χ2n) is 13.3. The normalized spacial score (nSPS) is 11.9. The Bertz CT molecular complexity index is 3140. The lowest BCUT2D eigenvalue weighted by Gasteiger charge is -2.13. The minimum absolute atomic E-state index is 0.887. The van der Waals surface area contributed by atoms with Crippen LogP contribution in [0.25, 0.3) is 105 Å². The molecule has 0 fully saturated rings. The molecule has 3 heteroatoms. The molecule has 0 unspecified atom stereocenters. The van der Waals surface area contributed by atoms with Gasteiger partial charge in [-0.2, -0.15) is 0 Å². The third-order valence-electron chi connectivity index (χ3n) is 10.4. The first-order valence-electron chi connectivity index (χ1n) is 17.3. The number of fused-ring (bicyclic) bond motifs is 9. The summed E-state index contributed by atoms with van der Waals surface area (Å²) in [5, 5.41) is 6.91. The molecule has 3 nitrogen and oxygen atoms in total. The molecular formula is C48H29NO2. The number of rotatable bonds is 4. The van der Waals surface area contributed by atoms with Crippen molar-refractivity contribution in [3.63, 3.8) is 0 Å². The molecule has 0 saturated heterocycles. The van der Waals surface area contributed by atoms with Crippen LogP contribution in [0.15, 0.2) is 185 Å². The van der Waals surface area contributed by atoms with Crippen LogP contribution in [0.3, 0.4) is 0 Å². The van der Waals surface area contributed by atoms with Crippen molar-refractivity contribution in [2.75, 3.05) is 0 Å². The van der Waals surface area contributed by atoms with E-state index in [4.69, 9.17) is 8.83 Å². The second-order valence-corrected chi connectivity index (χ2v) is 13.3. The summed E-state index contributed by atoms with van der Waals surface area (Å²) in [7, 11) is 0. The van der Waals surface area contributed by atoms with E-state index in [0.717, 1.165) is 82.9 Å². The molecule has 0 saturated carbocycles. The summed E-state index contributed by atoms with van der Waals surface area (Å²) in [6.45, 7) is 0. The highest BCUT2D eigenvalue weighted by molar-refractivity contribution is 6.14. The number of nitrogens with zero attached hydrogens (tertiary/aromatic N) is 1. The predicted octanol–water partition coefficient (Wildman–Crippen LogP) is 13.6. The van der Waals surface area contributed by atoms with Gasteiger partial charge in [0, 0.05) is 43.6 Å². The summed E-state index contributed by atoms with van der Waals surface area (Å²) in [5.41, 5.74) is 13.8. The molecule has 0 aliphatic heterocycles. The molecule has 238 valence electrons. The SMILES string of the molecule is c1ccc(-c2cccc(-c3cc(-n4c5ccccc5c5cc(-c6ccc7c(c6)oc6ccccc67)ccc54)cc4c3oc3ccccc34)c2)cc1. The van der Waals surface area contributed by atoms with Gasteiger partial charge < -0.3 is 13.4 Å². The number of aromatic nitrogens is 1. The van der Waals surface area contributed by atoms with Gasteiger partial charge in [-0.25, -0.2) is 0 Å². The predicted molar refractivity (Wildman–Crippen MR) is 212 cm³/mol. The van der Waals surface area contributed by atoms with Crippen LogP contribution in [-0.4, -0.2) is 4.57 Å². The van der Waals surface area contributed by atoms with E-state index < -0.39 is 0 Å². The van der Waals surface area contributed by atoms with Crippen molar-refractivity contribution in [3.05, 3.63) is 176 Å². The Morgan fingerprint density at radius 1 is 0.314 bits per heavy atom. The summed E-state index contributed by atoms with van der Waals surface area (Å²) in [6, 6.07) is 62.6. The van der Waals surface area contributed by atoms with Crippen LogP contribution in [-0.2, 0) is 0 Å². The maximum atomic E-state index is 6.63. The first-order chi connectivity index (χ1) is 25.3. The van der Waals surface area contributed by atoms with Gasteiger partial charge in [-0.3, -0.25) is 0 Å². The van der Waals surface area contributed by atoms with Crippen molar-refractivity contribution in [2.24, 2.45) is 0 Å². The zero-order chi connectivity index (χ0) is 33.5. The van der Waals surface area contributed by atoms with Gasteiger partial charge in [-0.15, -0.1) is 0 Å². The van der Waals surface area contributed by atoms with Crippen molar-refractivity contribution in [1.82, 2.24) is 4.57 Å². The lowest BCUT2D eigenvalue weighted by Crippen LogP contribution is -1.95. The summed E-state index contributed by atoms with van der Waals surface area (Å²) >= 11 is 0. The van der Waals surface area contributed by atoms with Gasteiger partial charge in [-0.1, -0.05) is 115 Å². The standard InChI is InChI=1S/C48H29NO2/c1-2-11-30(12-3-1)31-13-10-14-34(25-31)40-28-35(29-42-38-17-6-9-20-46(38)51-48(40)42)49-43-18-7-4-15-36(43)41-26-32(22-24-44(41)49)33-21-23-39-37-16-5-8-19-45(37)50-47(39)27-33/h1-29H. The van der Waals surface area contributed by atoms with Crippen molar-refractivity contribution >= 4 is 65.7 Å². The molecule has 0 aliphatic carbocycles. The molecular weight excluding hydrogens is 623 g/mol. The maximum Gasteiger partial charge on any atom is 0.143 e. The van der Waals surface area contributed by atoms with Gasteiger partial charge >= 0.3 is 0 Å². The van der Waals surface area contributed by atoms with Gasteiger partial charge in [-0.05, 0) is 88.5 Å². The minimum Gasteiger partial charge on any atom is -0.456 e. The Kier molecular flexibility index (Phi) is 5.96. The fraction of sp³-hybridized carbons (Fsp3) is 0. The maximum absolute atomic E-state index is 6.63. The number of benzene rings is 8. The zero-order valence-corrected chi connectivity index (χ0v) is 27.5. The highest BCUT2D eigenvalue weighted by Gasteiger charge is 2.19. The van der Waals surface area contributed by atoms with Crippen molar-refractivity contribution < 1.29 is 8.83 Å². The van der Waals surface area contributed by atoms with E-state index >= 15 is 0 Å². The van der Waals surface area contributed by atoms with Gasteiger partial charge in [0.15, 0.2) is 0 Å². The van der Waals surface area contributed by atoms with E-state index in [1.165, 1.54) is 21.9 Å². The fourth-order valence-electron chi connectivity index (χ4n) is 7.99. The van der Waals surface area contributed by atoms with E-state index in [1.807, 2.05) is 18.2 Å². The Morgan fingerprint density at radius 3 is 1.78 bits per heavy atom. The summed E-state index contributed by atoms with van der Waals surface area (Å²) in [4.78, 5) is 0. The van der Waals surface area contributed by atoms with E-state index in [1.54, 1.807) is 0 Å². The smallest absolute Gasteiger partial charge is 0.143 e. The topological polar surface area (TPSA) is 31.2 Å². The molecule has 0 amide bonds. The molecule has 0 N–H and O–H groups in total. The molecule has 8 aromatic carbocycles. The van der Waals surface area contributed by atoms with Crippen molar-refractivity contribution in [1.29, 1.82) is 0 Å². The highest BCUT2D eigenvalue weighted by Crippen LogP contribution is 2.42. The molecule has 11 aromatic rings. The van der Waals surface area contributed by atoms with Crippen LogP contribution in [0.4, 0.5) is 0 Å². The zero-order valence-electron chi connectivity index (χ0n) is 27.5. The number of hydrogen-bond acceptors (Lipinski definition) is 2. The quantitative estimate of drug-likeness (QED) is 0.190. The first-order valence-corrected chi connectivity index (χ1v) is 17.3. The average Bonchev–Trinajstić information content (AvgIpc) is 3.87. The number of furan rings is 2. The Hall–Kier alpha value is -6.84. The largest absolute Gasteiger partial charge is 0.456 e. The highest BCUT2D eigenvalue weighted by atomic mass is 16.3. The van der Waals surface area contributed by atoms with Crippen LogP contribution >= 0.6 is 0 Å². The monoisotopic (exact) mass is 651 g/mol. The van der Waals surface area contributed by atoms with Gasteiger partial charge in [0.05, 0.1) is 11.0 Å². The Labute approximate surface area is 293 Å². The van der Waals surface area contributed by atoms with E-state index in [9.17, 15) is 0 Å². The van der Waals surface area contributed by atoms with E-state index in [2.05, 4.69) is 162 Å². The van der Waals surface area contributed by atoms with Gasteiger partial charge in [0.1, 0.15) is 22.3 Å². The molecule has 0 bridgehead atoms. The Morgan fingerprint density at radius 2 is 0.922 bits per heavy atom. The summed E-state index contributed by atoms with van der Waals surface area (Å²) < 4.78 is 15.3. The third-order valence-corrected chi connectivity index (χ3v) is 10.4. The number of hydrogen-bond donors (Lipinski definition) is 0. The second kappa shape index (κ2) is 10.8. The molecule has 3 aromatic heterocycles. The molecule has 0 atom stereocenters. The van der Waals surface area contributed by atoms with Crippen LogP contribution in [0, 0.1) is 0 Å². The van der Waals surface area contributed by atoms with Crippen molar-refractivity contribution in [3.8, 4) is 39.1 Å². The van der Waals surface area contributed by atoms with E-state index in [-0.39, 0.29) is 0 Å². The molecule has 0 radical (unpaired) electrons. The van der Waals surface area contributed by atoms with Gasteiger partial charge in [0.25, 0.3) is 0 Å². The van der Waals surface area contributed by atoms with Crippen LogP contribution in [0.2, 0.25) is 0 Å². The average molecular weight is 652 g/mol. The third kappa shape index (κ3) is 4.32. The first kappa shape index (κ1) is 28.0. The Balaban J connectivity index is 1.14. The van der Waals surface area contributed by atoms with E-state index in [0.29, 0.717) is 0 Å². The fourth-order valence-corrected chi connectivity index (χ4v) is 7.99. The summed E-state index contributed by atoms with van der Waals surface area (Å²) in [5.74, 6) is 0. The molecule has 0 spiro atoms. The molecule has 11 rings (SSSR count). The van der Waals surface area contributed by atoms with Crippen LogP contribution in [0.1, 0.15) is 0 Å². The summed E-state index contributed by atoms with van der Waals surface area (Å²) in [6.07, 6.45) is 0. The van der Waals surface area contributed by atoms with Crippen molar-refractivity contribution in [2.45, 2.75) is 0 Å². The lowest BCUT2D eigenvalue weighted by molar-refractivity contribution is 0.669. The molecule has 3 heterocycles.